The van der Waals surface area contributed by atoms with Crippen molar-refractivity contribution >= 4 is 23.5 Å². The zero-order chi connectivity index (χ0) is 16.1. The van der Waals surface area contributed by atoms with E-state index in [4.69, 9.17) is 16.0 Å². The van der Waals surface area contributed by atoms with Gasteiger partial charge >= 0.3 is 6.01 Å². The molecule has 0 spiro atoms. The molecule has 116 valence electrons. The Hall–Kier alpha value is -2.59. The van der Waals surface area contributed by atoms with Crippen LogP contribution in [0, 0.1) is 0 Å². The maximum atomic E-state index is 12.0. The third-order valence-electron chi connectivity index (χ3n) is 3.33. The van der Waals surface area contributed by atoms with Crippen LogP contribution in [0.3, 0.4) is 0 Å². The van der Waals surface area contributed by atoms with Crippen LogP contribution in [0.15, 0.2) is 65.2 Å². The summed E-state index contributed by atoms with van der Waals surface area (Å²) in [6.07, 6.45) is 2.41. The predicted molar refractivity (Wildman–Crippen MR) is 89.5 cm³/mol. The van der Waals surface area contributed by atoms with E-state index in [0.29, 0.717) is 17.2 Å². The summed E-state index contributed by atoms with van der Waals surface area (Å²) < 4.78 is 5.55. The number of nitrogens with zero attached hydrogens (tertiary/aromatic N) is 1. The molecule has 1 N–H and O–H groups in total. The molecule has 0 bridgehead atoms. The van der Waals surface area contributed by atoms with Crippen molar-refractivity contribution < 1.29 is 9.21 Å². The normalized spacial score (nSPS) is 10.5. The van der Waals surface area contributed by atoms with Crippen LogP contribution in [-0.2, 0) is 17.6 Å². The van der Waals surface area contributed by atoms with Crippen LogP contribution in [0.1, 0.15) is 16.9 Å². The Morgan fingerprint density at radius 2 is 1.83 bits per heavy atom. The van der Waals surface area contributed by atoms with Crippen LogP contribution >= 0.6 is 11.6 Å². The first-order chi connectivity index (χ1) is 11.2. The second-order valence-electron chi connectivity index (χ2n) is 5.11. The van der Waals surface area contributed by atoms with Crippen molar-refractivity contribution in [3.05, 3.63) is 82.7 Å². The molecule has 0 unspecified atom stereocenters. The van der Waals surface area contributed by atoms with Gasteiger partial charge in [-0.2, -0.15) is 0 Å². The number of benzene rings is 2. The van der Waals surface area contributed by atoms with Gasteiger partial charge in [0.1, 0.15) is 5.76 Å². The number of nitrogens with one attached hydrogen (secondary N) is 1. The molecule has 0 aliphatic heterocycles. The third-order valence-corrected chi connectivity index (χ3v) is 3.70. The van der Waals surface area contributed by atoms with Crippen molar-refractivity contribution in [1.29, 1.82) is 0 Å². The molecule has 23 heavy (non-hydrogen) atoms. The van der Waals surface area contributed by atoms with Crippen molar-refractivity contribution in [3.8, 4) is 0 Å². The fraction of sp³-hybridized carbons (Fsp3) is 0.111. The molecule has 1 heterocycles. The SMILES string of the molecule is O=C(Cc1ccccc1)Nc1ncc(Cc2ccccc2Cl)o1. The van der Waals surface area contributed by atoms with Crippen LogP contribution in [0.4, 0.5) is 6.01 Å². The fourth-order valence-electron chi connectivity index (χ4n) is 2.22. The largest absolute Gasteiger partial charge is 0.428 e. The Labute approximate surface area is 139 Å². The standard InChI is InChI=1S/C18H15ClN2O2/c19-16-9-5-4-8-14(16)11-15-12-20-18(23-15)21-17(22)10-13-6-2-1-3-7-13/h1-9,12H,10-11H2,(H,20,21,22). The molecule has 3 aromatic rings. The summed E-state index contributed by atoms with van der Waals surface area (Å²) in [6, 6.07) is 17.3. The van der Waals surface area contributed by atoms with Crippen LogP contribution in [-0.4, -0.2) is 10.9 Å². The van der Waals surface area contributed by atoms with E-state index in [0.717, 1.165) is 11.1 Å². The van der Waals surface area contributed by atoms with E-state index in [1.54, 1.807) is 6.20 Å². The molecule has 3 rings (SSSR count). The zero-order valence-electron chi connectivity index (χ0n) is 12.3. The number of hydrogen-bond acceptors (Lipinski definition) is 3. The smallest absolute Gasteiger partial charge is 0.301 e. The molecular weight excluding hydrogens is 312 g/mol. The summed E-state index contributed by atoms with van der Waals surface area (Å²) in [5.74, 6) is 0.482. The highest BCUT2D eigenvalue weighted by atomic mass is 35.5. The molecular formula is C18H15ClN2O2. The molecule has 1 amide bonds. The van der Waals surface area contributed by atoms with Gasteiger partial charge in [-0.15, -0.1) is 0 Å². The Balaban J connectivity index is 1.61. The lowest BCUT2D eigenvalue weighted by molar-refractivity contribution is -0.115. The van der Waals surface area contributed by atoms with Gasteiger partial charge in [0.2, 0.25) is 5.91 Å². The number of carbonyl (C=O) groups excluding carboxylic acids is 1. The molecule has 0 aliphatic rings. The van der Waals surface area contributed by atoms with Gasteiger partial charge in [0.05, 0.1) is 12.6 Å². The van der Waals surface area contributed by atoms with Gasteiger partial charge in [0.15, 0.2) is 0 Å². The summed E-state index contributed by atoms with van der Waals surface area (Å²) >= 11 is 6.12. The van der Waals surface area contributed by atoms with E-state index in [-0.39, 0.29) is 18.3 Å². The van der Waals surface area contributed by atoms with E-state index >= 15 is 0 Å². The minimum Gasteiger partial charge on any atom is -0.428 e. The highest BCUT2D eigenvalue weighted by Crippen LogP contribution is 2.20. The first kappa shape index (κ1) is 15.3. The number of hydrogen-bond donors (Lipinski definition) is 1. The molecule has 0 atom stereocenters. The molecule has 0 aliphatic carbocycles. The number of amides is 1. The molecule has 0 radical (unpaired) electrons. The highest BCUT2D eigenvalue weighted by Gasteiger charge is 2.10. The molecule has 0 saturated carbocycles. The van der Waals surface area contributed by atoms with Gasteiger partial charge in [0.25, 0.3) is 0 Å². The van der Waals surface area contributed by atoms with Crippen molar-refractivity contribution in [2.24, 2.45) is 0 Å². The number of oxazole rings is 1. The lowest BCUT2D eigenvalue weighted by Gasteiger charge is -2.02. The van der Waals surface area contributed by atoms with Crippen molar-refractivity contribution in [2.75, 3.05) is 5.32 Å². The first-order valence-corrected chi connectivity index (χ1v) is 7.60. The predicted octanol–water partition coefficient (Wildman–Crippen LogP) is 4.10. The van der Waals surface area contributed by atoms with Crippen LogP contribution in [0.2, 0.25) is 5.02 Å². The van der Waals surface area contributed by atoms with E-state index < -0.39 is 0 Å². The van der Waals surface area contributed by atoms with Crippen LogP contribution in [0.5, 0.6) is 0 Å². The molecule has 0 fully saturated rings. The second-order valence-corrected chi connectivity index (χ2v) is 5.52. The van der Waals surface area contributed by atoms with E-state index in [1.165, 1.54) is 0 Å². The van der Waals surface area contributed by atoms with Gasteiger partial charge < -0.3 is 4.42 Å². The van der Waals surface area contributed by atoms with Crippen LogP contribution < -0.4 is 5.32 Å². The summed E-state index contributed by atoms with van der Waals surface area (Å²) in [5, 5.41) is 3.34. The number of anilines is 1. The number of halogens is 1. The first-order valence-electron chi connectivity index (χ1n) is 7.22. The average Bonchev–Trinajstić information content (AvgIpc) is 2.97. The average molecular weight is 327 g/mol. The Bertz CT molecular complexity index is 800. The van der Waals surface area contributed by atoms with Crippen LogP contribution in [0.25, 0.3) is 0 Å². The fourth-order valence-corrected chi connectivity index (χ4v) is 2.42. The van der Waals surface area contributed by atoms with Gasteiger partial charge in [-0.25, -0.2) is 4.98 Å². The van der Waals surface area contributed by atoms with E-state index in [9.17, 15) is 4.79 Å². The summed E-state index contributed by atoms with van der Waals surface area (Å²) in [7, 11) is 0. The Morgan fingerprint density at radius 1 is 1.09 bits per heavy atom. The Morgan fingerprint density at radius 3 is 2.61 bits per heavy atom. The maximum absolute atomic E-state index is 12.0. The minimum atomic E-state index is -0.164. The lowest BCUT2D eigenvalue weighted by Crippen LogP contribution is -2.14. The van der Waals surface area contributed by atoms with Gasteiger partial charge in [-0.3, -0.25) is 10.1 Å². The molecule has 2 aromatic carbocycles. The number of carbonyl (C=O) groups is 1. The maximum Gasteiger partial charge on any atom is 0.301 e. The Kier molecular flexibility index (Phi) is 4.74. The minimum absolute atomic E-state index is 0.164. The van der Waals surface area contributed by atoms with Gasteiger partial charge in [0, 0.05) is 11.4 Å². The molecule has 5 heteroatoms. The van der Waals surface area contributed by atoms with Crippen molar-refractivity contribution in [2.45, 2.75) is 12.8 Å². The topological polar surface area (TPSA) is 55.1 Å². The third kappa shape index (κ3) is 4.20. The van der Waals surface area contributed by atoms with Gasteiger partial charge in [-0.05, 0) is 17.2 Å². The lowest BCUT2D eigenvalue weighted by atomic mass is 10.1. The van der Waals surface area contributed by atoms with E-state index in [2.05, 4.69) is 10.3 Å². The highest BCUT2D eigenvalue weighted by molar-refractivity contribution is 6.31. The van der Waals surface area contributed by atoms with Crippen molar-refractivity contribution in [1.82, 2.24) is 4.98 Å². The molecule has 1 aromatic heterocycles. The van der Waals surface area contributed by atoms with Crippen molar-refractivity contribution in [3.63, 3.8) is 0 Å². The second kappa shape index (κ2) is 7.11. The quantitative estimate of drug-likeness (QED) is 0.768. The molecule has 4 nitrogen and oxygen atoms in total. The van der Waals surface area contributed by atoms with Gasteiger partial charge in [-0.1, -0.05) is 60.1 Å². The summed E-state index contributed by atoms with van der Waals surface area (Å²) in [4.78, 5) is 16.1. The number of rotatable bonds is 5. The zero-order valence-corrected chi connectivity index (χ0v) is 13.1. The number of aromatic nitrogens is 1. The monoisotopic (exact) mass is 326 g/mol. The summed E-state index contributed by atoms with van der Waals surface area (Å²) in [6.45, 7) is 0. The molecule has 0 saturated heterocycles. The summed E-state index contributed by atoms with van der Waals surface area (Å²) in [5.41, 5.74) is 1.89. The van der Waals surface area contributed by atoms with E-state index in [1.807, 2.05) is 54.6 Å².